The summed E-state index contributed by atoms with van der Waals surface area (Å²) in [5, 5.41) is 26.5. The van der Waals surface area contributed by atoms with Gasteiger partial charge in [-0.05, 0) is 38.0 Å². The number of benzene rings is 1. The summed E-state index contributed by atoms with van der Waals surface area (Å²) in [7, 11) is 1.78. The molecule has 0 aliphatic carbocycles. The number of imidazole rings is 1. The third-order valence-electron chi connectivity index (χ3n) is 6.64. The number of aliphatic carboxylic acids is 3. The number of piperidine rings is 1. The van der Waals surface area contributed by atoms with Crippen LogP contribution in [-0.2, 0) is 19.1 Å². The number of ether oxygens (including phenoxy) is 1. The molecule has 2 atom stereocenters. The number of anilines is 2. The quantitative estimate of drug-likeness (QED) is 0.143. The van der Waals surface area contributed by atoms with Gasteiger partial charge in [0.15, 0.2) is 11.5 Å². The van der Waals surface area contributed by atoms with E-state index in [2.05, 4.69) is 37.1 Å². The maximum absolute atomic E-state index is 10.6. The zero-order valence-corrected chi connectivity index (χ0v) is 27.2. The fourth-order valence-corrected chi connectivity index (χ4v) is 4.63. The zero-order valence-electron chi connectivity index (χ0n) is 26.4. The van der Waals surface area contributed by atoms with Crippen molar-refractivity contribution in [2.24, 2.45) is 0 Å². The molecular formula is C28H27ClF9N7O7. The van der Waals surface area contributed by atoms with E-state index < -0.39 is 36.4 Å². The molecule has 14 nitrogen and oxygen atoms in total. The Balaban J connectivity index is 0.000000365. The van der Waals surface area contributed by atoms with Gasteiger partial charge < -0.3 is 35.3 Å². The van der Waals surface area contributed by atoms with E-state index in [4.69, 9.17) is 51.0 Å². The Morgan fingerprint density at radius 2 is 1.52 bits per heavy atom. The Bertz CT molecular complexity index is 1780. The van der Waals surface area contributed by atoms with Crippen molar-refractivity contribution in [3.63, 3.8) is 0 Å². The molecule has 286 valence electrons. The number of aromatic nitrogens is 5. The van der Waals surface area contributed by atoms with Crippen LogP contribution in [0.1, 0.15) is 31.4 Å². The Morgan fingerprint density at radius 3 is 2.04 bits per heavy atom. The highest BCUT2D eigenvalue weighted by Gasteiger charge is 2.39. The SMILES string of the molecule is COC1CCCN(c2c(C(C)Nc3ncnc4nc[nH]c34)cc(Cl)c3cccnc23)C1.O=C(O)C(F)(F)F.O=C(O)C(F)(F)F.O=C(O)C(F)(F)F. The number of aromatic amines is 1. The van der Waals surface area contributed by atoms with Gasteiger partial charge in [-0.1, -0.05) is 11.6 Å². The molecule has 3 aromatic heterocycles. The fourth-order valence-electron chi connectivity index (χ4n) is 4.36. The van der Waals surface area contributed by atoms with Crippen molar-refractivity contribution in [2.45, 2.75) is 50.4 Å². The number of alkyl halides is 9. The summed E-state index contributed by atoms with van der Waals surface area (Å²) in [5.41, 5.74) is 4.47. The van der Waals surface area contributed by atoms with Crippen molar-refractivity contribution >= 4 is 63.1 Å². The van der Waals surface area contributed by atoms with E-state index in [-0.39, 0.29) is 12.1 Å². The molecule has 0 spiro atoms. The van der Waals surface area contributed by atoms with Crippen molar-refractivity contribution in [1.82, 2.24) is 24.9 Å². The van der Waals surface area contributed by atoms with E-state index in [1.54, 1.807) is 13.4 Å². The first kappa shape index (κ1) is 43.0. The largest absolute Gasteiger partial charge is 0.490 e. The van der Waals surface area contributed by atoms with Crippen LogP contribution in [0, 0.1) is 0 Å². The summed E-state index contributed by atoms with van der Waals surface area (Å²) in [4.78, 5) is 49.7. The van der Waals surface area contributed by atoms with Crippen molar-refractivity contribution in [2.75, 3.05) is 30.4 Å². The fraction of sp³-hybridized carbons (Fsp3) is 0.393. The molecule has 0 radical (unpaired) electrons. The molecule has 5 N–H and O–H groups in total. The molecule has 1 aromatic carbocycles. The first-order valence-electron chi connectivity index (χ1n) is 14.1. The van der Waals surface area contributed by atoms with Crippen LogP contribution in [0.4, 0.5) is 51.0 Å². The molecule has 24 heteroatoms. The molecule has 5 rings (SSSR count). The van der Waals surface area contributed by atoms with Gasteiger partial charge in [0, 0.05) is 37.3 Å². The van der Waals surface area contributed by atoms with Gasteiger partial charge in [0.05, 0.1) is 34.7 Å². The molecule has 52 heavy (non-hydrogen) atoms. The molecular weight excluding hydrogens is 753 g/mol. The predicted octanol–water partition coefficient (Wildman–Crippen LogP) is 6.24. The number of H-pyrrole nitrogens is 1. The third-order valence-corrected chi connectivity index (χ3v) is 6.96. The zero-order chi connectivity index (χ0) is 39.6. The van der Waals surface area contributed by atoms with Gasteiger partial charge in [-0.15, -0.1) is 0 Å². The highest BCUT2D eigenvalue weighted by molar-refractivity contribution is 6.36. The highest BCUT2D eigenvalue weighted by Crippen LogP contribution is 2.40. The minimum Gasteiger partial charge on any atom is -0.475 e. The number of hydrogen-bond acceptors (Lipinski definition) is 10. The van der Waals surface area contributed by atoms with E-state index in [0.717, 1.165) is 53.6 Å². The standard InChI is InChI=1S/C22H24ClN7O.3C2HF3O2/c1-13(29-22-19-21(26-11-25-19)27-12-28-22)16-9-17(23)15-6-3-7-24-18(15)20(16)30-8-4-5-14(10-30)31-2;3*3-2(4,5)1(6)7/h3,6-7,9,11-14H,4-5,8,10H2,1-2H3,(H2,25,26,27,28,29);3*(H,6,7). The predicted molar refractivity (Wildman–Crippen MR) is 164 cm³/mol. The summed E-state index contributed by atoms with van der Waals surface area (Å²) < 4.78 is 101. The van der Waals surface area contributed by atoms with Crippen LogP contribution >= 0.6 is 11.6 Å². The third kappa shape index (κ3) is 12.2. The maximum Gasteiger partial charge on any atom is 0.490 e. The maximum atomic E-state index is 10.6. The molecule has 4 heterocycles. The van der Waals surface area contributed by atoms with Gasteiger partial charge in [-0.2, -0.15) is 39.5 Å². The van der Waals surface area contributed by atoms with E-state index in [9.17, 15) is 39.5 Å². The van der Waals surface area contributed by atoms with Crippen LogP contribution in [0.5, 0.6) is 0 Å². The Labute approximate surface area is 290 Å². The summed E-state index contributed by atoms with van der Waals surface area (Å²) in [6, 6.07) is 5.90. The van der Waals surface area contributed by atoms with Gasteiger partial charge in [-0.3, -0.25) is 4.98 Å². The first-order valence-corrected chi connectivity index (χ1v) is 14.5. The first-order chi connectivity index (χ1) is 24.0. The number of hydrogen-bond donors (Lipinski definition) is 5. The van der Waals surface area contributed by atoms with Crippen LogP contribution in [0.3, 0.4) is 0 Å². The van der Waals surface area contributed by atoms with E-state index >= 15 is 0 Å². The summed E-state index contributed by atoms with van der Waals surface area (Å²) in [5.74, 6) is -7.57. The average molecular weight is 780 g/mol. The number of carboxylic acids is 3. The van der Waals surface area contributed by atoms with E-state index in [0.29, 0.717) is 16.5 Å². The number of fused-ring (bicyclic) bond motifs is 2. The minimum absolute atomic E-state index is 0.0803. The number of carboxylic acid groups (broad SMARTS) is 3. The lowest BCUT2D eigenvalue weighted by atomic mass is 9.98. The van der Waals surface area contributed by atoms with Crippen molar-refractivity contribution in [3.8, 4) is 0 Å². The molecule has 4 aromatic rings. The second kappa shape index (κ2) is 17.8. The van der Waals surface area contributed by atoms with Crippen molar-refractivity contribution < 1.29 is 74.0 Å². The molecule has 1 saturated heterocycles. The Hall–Kier alpha value is -5.19. The number of nitrogens with one attached hydrogen (secondary N) is 2. The van der Waals surface area contributed by atoms with E-state index in [1.165, 1.54) is 6.33 Å². The van der Waals surface area contributed by atoms with Gasteiger partial charge in [0.25, 0.3) is 0 Å². The van der Waals surface area contributed by atoms with E-state index in [1.807, 2.05) is 24.4 Å². The van der Waals surface area contributed by atoms with Gasteiger partial charge in [0.2, 0.25) is 0 Å². The second-order valence-electron chi connectivity index (χ2n) is 10.2. The van der Waals surface area contributed by atoms with Gasteiger partial charge in [-0.25, -0.2) is 29.3 Å². The van der Waals surface area contributed by atoms with Crippen molar-refractivity contribution in [1.29, 1.82) is 0 Å². The van der Waals surface area contributed by atoms with Crippen LogP contribution in [0.15, 0.2) is 37.1 Å². The van der Waals surface area contributed by atoms with Crippen LogP contribution < -0.4 is 10.2 Å². The lowest BCUT2D eigenvalue weighted by Gasteiger charge is -2.36. The lowest BCUT2D eigenvalue weighted by Crippen LogP contribution is -2.40. The number of halogens is 10. The smallest absolute Gasteiger partial charge is 0.475 e. The molecule has 0 saturated carbocycles. The molecule has 1 aliphatic heterocycles. The average Bonchev–Trinajstić information content (AvgIpc) is 3.54. The summed E-state index contributed by atoms with van der Waals surface area (Å²) >= 11 is 6.70. The Morgan fingerprint density at radius 1 is 0.962 bits per heavy atom. The number of nitrogens with zero attached hydrogens (tertiary/aromatic N) is 5. The second-order valence-corrected chi connectivity index (χ2v) is 10.6. The number of carbonyl (C=O) groups is 3. The molecule has 0 bridgehead atoms. The number of methoxy groups -OCH3 is 1. The molecule has 2 unspecified atom stereocenters. The summed E-state index contributed by atoms with van der Waals surface area (Å²) in [6.07, 6.45) is -7.96. The normalized spacial score (nSPS) is 15.2. The molecule has 1 fully saturated rings. The molecule has 1 aliphatic rings. The monoisotopic (exact) mass is 779 g/mol. The molecule has 0 amide bonds. The Kier molecular flexibility index (Phi) is 14.7. The van der Waals surface area contributed by atoms with Crippen LogP contribution in [0.2, 0.25) is 5.02 Å². The van der Waals surface area contributed by atoms with Crippen LogP contribution in [-0.4, -0.2) is 103 Å². The summed E-state index contributed by atoms with van der Waals surface area (Å²) in [6.45, 7) is 3.87. The number of pyridine rings is 1. The topological polar surface area (TPSA) is 204 Å². The van der Waals surface area contributed by atoms with Crippen LogP contribution in [0.25, 0.3) is 22.1 Å². The van der Waals surface area contributed by atoms with Crippen molar-refractivity contribution in [3.05, 3.63) is 47.6 Å². The highest BCUT2D eigenvalue weighted by atomic mass is 35.5. The van der Waals surface area contributed by atoms with Gasteiger partial charge in [0.1, 0.15) is 11.8 Å². The minimum atomic E-state index is -5.08. The van der Waals surface area contributed by atoms with Gasteiger partial charge >= 0.3 is 36.4 Å². The lowest BCUT2D eigenvalue weighted by molar-refractivity contribution is -0.193. The number of rotatable bonds is 5.